The molecule has 1 saturated heterocycles. The maximum Gasteiger partial charge on any atom is 0.232 e. The molecule has 1 fully saturated rings. The van der Waals surface area contributed by atoms with Gasteiger partial charge in [0.1, 0.15) is 11.6 Å². The lowest BCUT2D eigenvalue weighted by atomic mass is 10.1. The fraction of sp³-hybridized carbons (Fsp3) is 0.421. The van der Waals surface area contributed by atoms with Crippen LogP contribution >= 0.6 is 11.8 Å². The van der Waals surface area contributed by atoms with Crippen LogP contribution in [0.4, 0.5) is 17.6 Å². The minimum atomic E-state index is -2.90. The third kappa shape index (κ3) is 5.31. The van der Waals surface area contributed by atoms with Crippen molar-refractivity contribution in [1.29, 1.82) is 0 Å². The molecule has 12 heteroatoms. The van der Waals surface area contributed by atoms with E-state index in [1.807, 2.05) is 42.8 Å². The number of hydrogen-bond acceptors (Lipinski definition) is 10. The summed E-state index contributed by atoms with van der Waals surface area (Å²) in [5.74, 6) is 2.87. The standard InChI is InChI=1S/C19H24N8O2S2/c1-12-5-3-4-6-14(12)21-18-23-15(22-17(20)24-18)10-30-19-26-25-16(27(19)2)9-13-7-8-31(28,29)11-13/h3-6,13H,7-11H2,1-2H3,(H3,20,21,22,23,24)/t13-/m1/s1. The van der Waals surface area contributed by atoms with Crippen LogP contribution < -0.4 is 11.1 Å². The van der Waals surface area contributed by atoms with Gasteiger partial charge >= 0.3 is 0 Å². The van der Waals surface area contributed by atoms with Crippen LogP contribution in [0.5, 0.6) is 0 Å². The summed E-state index contributed by atoms with van der Waals surface area (Å²) in [5.41, 5.74) is 7.84. The SMILES string of the molecule is Cc1ccccc1Nc1nc(N)nc(CSc2nnc(C[C@H]3CCS(=O)(=O)C3)n2C)n1. The van der Waals surface area contributed by atoms with Gasteiger partial charge in [-0.05, 0) is 30.9 Å². The molecule has 3 N–H and O–H groups in total. The Balaban J connectivity index is 1.42. The molecule has 0 aliphatic carbocycles. The Morgan fingerprint density at radius 1 is 1.23 bits per heavy atom. The maximum absolute atomic E-state index is 11.7. The first kappa shape index (κ1) is 21.5. The summed E-state index contributed by atoms with van der Waals surface area (Å²) in [6.45, 7) is 2.00. The van der Waals surface area contributed by atoms with E-state index in [-0.39, 0.29) is 23.4 Å². The molecule has 31 heavy (non-hydrogen) atoms. The molecule has 1 atom stereocenters. The van der Waals surface area contributed by atoms with Crippen LogP contribution in [-0.2, 0) is 29.1 Å². The highest BCUT2D eigenvalue weighted by Crippen LogP contribution is 2.25. The van der Waals surface area contributed by atoms with E-state index in [0.717, 1.165) is 17.1 Å². The molecule has 10 nitrogen and oxygen atoms in total. The molecule has 0 radical (unpaired) electrons. The summed E-state index contributed by atoms with van der Waals surface area (Å²) in [7, 11) is -1.02. The van der Waals surface area contributed by atoms with Crippen LogP contribution in [0.1, 0.15) is 23.6 Å². The van der Waals surface area contributed by atoms with Crippen molar-refractivity contribution in [2.24, 2.45) is 13.0 Å². The first-order valence-electron chi connectivity index (χ1n) is 9.83. The summed E-state index contributed by atoms with van der Waals surface area (Å²) in [6, 6.07) is 7.84. The fourth-order valence-corrected chi connectivity index (χ4v) is 6.11. The number of nitrogens with zero attached hydrogens (tertiary/aromatic N) is 6. The van der Waals surface area contributed by atoms with E-state index >= 15 is 0 Å². The van der Waals surface area contributed by atoms with E-state index in [4.69, 9.17) is 5.73 Å². The Bertz CT molecular complexity index is 1200. The molecular formula is C19H24N8O2S2. The Labute approximate surface area is 185 Å². The largest absolute Gasteiger partial charge is 0.368 e. The van der Waals surface area contributed by atoms with Crippen molar-refractivity contribution < 1.29 is 8.42 Å². The number of nitrogens with one attached hydrogen (secondary N) is 1. The van der Waals surface area contributed by atoms with E-state index in [0.29, 0.717) is 35.5 Å². The molecule has 0 spiro atoms. The van der Waals surface area contributed by atoms with Gasteiger partial charge in [-0.3, -0.25) is 0 Å². The average Bonchev–Trinajstić information content (AvgIpc) is 3.23. The van der Waals surface area contributed by atoms with Gasteiger partial charge in [-0.2, -0.15) is 15.0 Å². The van der Waals surface area contributed by atoms with Gasteiger partial charge in [0.05, 0.1) is 17.3 Å². The van der Waals surface area contributed by atoms with Gasteiger partial charge in [0.2, 0.25) is 11.9 Å². The third-order valence-electron chi connectivity index (χ3n) is 5.14. The van der Waals surface area contributed by atoms with Gasteiger partial charge in [-0.25, -0.2) is 8.42 Å². The van der Waals surface area contributed by atoms with E-state index in [1.54, 1.807) is 0 Å². The molecule has 0 amide bonds. The Morgan fingerprint density at radius 3 is 2.77 bits per heavy atom. The molecule has 0 bridgehead atoms. The van der Waals surface area contributed by atoms with E-state index in [9.17, 15) is 8.42 Å². The molecule has 1 aromatic carbocycles. The number of sulfone groups is 1. The lowest BCUT2D eigenvalue weighted by molar-refractivity contribution is 0.552. The second-order valence-electron chi connectivity index (χ2n) is 7.59. The van der Waals surface area contributed by atoms with E-state index < -0.39 is 9.84 Å². The predicted octanol–water partition coefficient (Wildman–Crippen LogP) is 1.90. The molecule has 164 valence electrons. The number of benzene rings is 1. The van der Waals surface area contributed by atoms with Crippen molar-refractivity contribution in [3.63, 3.8) is 0 Å². The zero-order valence-corrected chi connectivity index (χ0v) is 18.9. The minimum Gasteiger partial charge on any atom is -0.368 e. The van der Waals surface area contributed by atoms with Crippen molar-refractivity contribution in [2.75, 3.05) is 22.6 Å². The Hall–Kier alpha value is -2.73. The molecule has 2 aromatic heterocycles. The normalized spacial score (nSPS) is 17.7. The molecule has 1 aliphatic rings. The number of rotatable bonds is 7. The van der Waals surface area contributed by atoms with Gasteiger partial charge in [-0.15, -0.1) is 10.2 Å². The number of anilines is 3. The minimum absolute atomic E-state index is 0.101. The van der Waals surface area contributed by atoms with Crippen molar-refractivity contribution in [1.82, 2.24) is 29.7 Å². The molecular weight excluding hydrogens is 436 g/mol. The lowest BCUT2D eigenvalue weighted by Crippen LogP contribution is -2.11. The highest BCUT2D eigenvalue weighted by molar-refractivity contribution is 7.98. The van der Waals surface area contributed by atoms with E-state index in [2.05, 4.69) is 30.5 Å². The topological polar surface area (TPSA) is 142 Å². The average molecular weight is 461 g/mol. The number of hydrogen-bond donors (Lipinski definition) is 2. The molecule has 0 saturated carbocycles. The van der Waals surface area contributed by atoms with Crippen molar-refractivity contribution in [3.05, 3.63) is 41.5 Å². The van der Waals surface area contributed by atoms with Crippen molar-refractivity contribution in [2.45, 2.75) is 30.7 Å². The molecule has 4 rings (SSSR count). The van der Waals surface area contributed by atoms with Crippen molar-refractivity contribution in [3.8, 4) is 0 Å². The number of para-hydroxylation sites is 1. The summed E-state index contributed by atoms with van der Waals surface area (Å²) in [4.78, 5) is 12.9. The lowest BCUT2D eigenvalue weighted by Gasteiger charge is -2.09. The first-order chi connectivity index (χ1) is 14.8. The number of nitrogens with two attached hydrogens (primary N) is 1. The quantitative estimate of drug-likeness (QED) is 0.502. The first-order valence-corrected chi connectivity index (χ1v) is 12.6. The maximum atomic E-state index is 11.7. The van der Waals surface area contributed by atoms with Gasteiger partial charge in [0, 0.05) is 19.2 Å². The molecule has 0 unspecified atom stereocenters. The summed E-state index contributed by atoms with van der Waals surface area (Å²) in [5, 5.41) is 12.4. The second-order valence-corrected chi connectivity index (χ2v) is 10.8. The van der Waals surface area contributed by atoms with Crippen LogP contribution in [0.3, 0.4) is 0 Å². The van der Waals surface area contributed by atoms with Crippen LogP contribution in [0.2, 0.25) is 0 Å². The summed E-state index contributed by atoms with van der Waals surface area (Å²) < 4.78 is 25.3. The number of aromatic nitrogens is 6. The number of nitrogen functional groups attached to an aromatic ring is 1. The summed E-state index contributed by atoms with van der Waals surface area (Å²) in [6.07, 6.45) is 1.28. The molecule has 3 aromatic rings. The van der Waals surface area contributed by atoms with Crippen LogP contribution in [0, 0.1) is 12.8 Å². The zero-order chi connectivity index (χ0) is 22.0. The predicted molar refractivity (Wildman–Crippen MR) is 120 cm³/mol. The highest BCUT2D eigenvalue weighted by atomic mass is 32.2. The summed E-state index contributed by atoms with van der Waals surface area (Å²) >= 11 is 1.44. The number of thioether (sulfide) groups is 1. The van der Waals surface area contributed by atoms with Crippen molar-refractivity contribution >= 4 is 39.2 Å². The van der Waals surface area contributed by atoms with Gasteiger partial charge in [0.15, 0.2) is 15.0 Å². The Morgan fingerprint density at radius 2 is 2.03 bits per heavy atom. The molecule has 1 aliphatic heterocycles. The molecule has 3 heterocycles. The highest BCUT2D eigenvalue weighted by Gasteiger charge is 2.29. The number of aryl methyl sites for hydroxylation is 1. The van der Waals surface area contributed by atoms with Gasteiger partial charge in [-0.1, -0.05) is 30.0 Å². The van der Waals surface area contributed by atoms with Crippen LogP contribution in [0.15, 0.2) is 29.4 Å². The third-order valence-corrected chi connectivity index (χ3v) is 8.00. The monoisotopic (exact) mass is 460 g/mol. The van der Waals surface area contributed by atoms with Gasteiger partial charge < -0.3 is 15.6 Å². The smallest absolute Gasteiger partial charge is 0.232 e. The second kappa shape index (κ2) is 8.79. The van der Waals surface area contributed by atoms with Crippen LogP contribution in [-0.4, -0.2) is 49.6 Å². The van der Waals surface area contributed by atoms with Gasteiger partial charge in [0.25, 0.3) is 0 Å². The Kier molecular flexibility index (Phi) is 6.10. The van der Waals surface area contributed by atoms with Crippen LogP contribution in [0.25, 0.3) is 0 Å². The fourth-order valence-electron chi connectivity index (χ4n) is 3.46. The zero-order valence-electron chi connectivity index (χ0n) is 17.3. The van der Waals surface area contributed by atoms with E-state index in [1.165, 1.54) is 11.8 Å².